The molecule has 0 unspecified atom stereocenters. The molecule has 6 nitrogen and oxygen atoms in total. The van der Waals surface area contributed by atoms with Crippen molar-refractivity contribution in [3.8, 4) is 22.9 Å². The van der Waals surface area contributed by atoms with Crippen LogP contribution in [0.2, 0.25) is 0 Å². The van der Waals surface area contributed by atoms with Gasteiger partial charge in [-0.05, 0) is 35.8 Å². The van der Waals surface area contributed by atoms with Crippen molar-refractivity contribution < 1.29 is 14.3 Å². The quantitative estimate of drug-likeness (QED) is 0.672. The van der Waals surface area contributed by atoms with Crippen molar-refractivity contribution >= 4 is 12.0 Å². The van der Waals surface area contributed by atoms with Gasteiger partial charge in [0, 0.05) is 30.6 Å². The number of aromatic nitrogens is 2. The molecule has 0 aliphatic carbocycles. The molecule has 0 saturated heterocycles. The molecule has 1 N–H and O–H groups in total. The van der Waals surface area contributed by atoms with Crippen molar-refractivity contribution in [1.82, 2.24) is 15.3 Å². The van der Waals surface area contributed by atoms with Crippen LogP contribution in [0.1, 0.15) is 11.1 Å². The van der Waals surface area contributed by atoms with Gasteiger partial charge in [-0.3, -0.25) is 4.79 Å². The Balaban J connectivity index is 1.26. The highest BCUT2D eigenvalue weighted by atomic mass is 16.7. The summed E-state index contributed by atoms with van der Waals surface area (Å²) in [6, 6.07) is 15.4. The lowest BCUT2D eigenvalue weighted by Gasteiger charge is -2.04. The Morgan fingerprint density at radius 2 is 1.82 bits per heavy atom. The molecule has 1 aliphatic rings. The minimum absolute atomic E-state index is 0.153. The number of ether oxygens (including phenoxy) is 2. The first kappa shape index (κ1) is 17.7. The van der Waals surface area contributed by atoms with Crippen molar-refractivity contribution in [2.24, 2.45) is 0 Å². The minimum Gasteiger partial charge on any atom is -0.454 e. The summed E-state index contributed by atoms with van der Waals surface area (Å²) in [6.45, 7) is 0.747. The van der Waals surface area contributed by atoms with Gasteiger partial charge in [0.25, 0.3) is 0 Å². The van der Waals surface area contributed by atoms with Gasteiger partial charge in [0.1, 0.15) is 0 Å². The predicted molar refractivity (Wildman–Crippen MR) is 106 cm³/mol. The lowest BCUT2D eigenvalue weighted by Crippen LogP contribution is -2.23. The third-order valence-corrected chi connectivity index (χ3v) is 4.27. The van der Waals surface area contributed by atoms with Crippen LogP contribution in [-0.4, -0.2) is 29.2 Å². The first-order chi connectivity index (χ1) is 13.8. The van der Waals surface area contributed by atoms with Crippen molar-refractivity contribution in [1.29, 1.82) is 0 Å². The highest BCUT2D eigenvalue weighted by Crippen LogP contribution is 2.32. The van der Waals surface area contributed by atoms with Gasteiger partial charge in [0.05, 0.1) is 0 Å². The molecule has 0 spiro atoms. The van der Waals surface area contributed by atoms with Gasteiger partial charge in [-0.1, -0.05) is 36.4 Å². The molecule has 0 bridgehead atoms. The van der Waals surface area contributed by atoms with E-state index in [1.54, 1.807) is 18.5 Å². The van der Waals surface area contributed by atoms with Crippen LogP contribution in [0.4, 0.5) is 0 Å². The molecule has 1 aromatic heterocycles. The van der Waals surface area contributed by atoms with Crippen LogP contribution in [0.15, 0.2) is 67.0 Å². The van der Waals surface area contributed by atoms with Gasteiger partial charge in [-0.25, -0.2) is 9.97 Å². The average molecular weight is 373 g/mol. The van der Waals surface area contributed by atoms with Gasteiger partial charge in [0.2, 0.25) is 12.7 Å². The lowest BCUT2D eigenvalue weighted by atomic mass is 10.2. The molecule has 6 heteroatoms. The monoisotopic (exact) mass is 373 g/mol. The molecule has 3 aromatic rings. The lowest BCUT2D eigenvalue weighted by molar-refractivity contribution is -0.116. The normalized spacial score (nSPS) is 12.3. The number of nitrogens with zero attached hydrogens (tertiary/aromatic N) is 2. The first-order valence-electron chi connectivity index (χ1n) is 9.00. The van der Waals surface area contributed by atoms with Crippen LogP contribution in [0.25, 0.3) is 17.5 Å². The number of nitrogens with one attached hydrogen (secondary N) is 1. The molecule has 2 heterocycles. The molecule has 140 valence electrons. The summed E-state index contributed by atoms with van der Waals surface area (Å²) in [4.78, 5) is 20.8. The van der Waals surface area contributed by atoms with Gasteiger partial charge in [0.15, 0.2) is 17.3 Å². The zero-order valence-electron chi connectivity index (χ0n) is 15.2. The van der Waals surface area contributed by atoms with E-state index in [1.807, 2.05) is 48.5 Å². The molecule has 0 atom stereocenters. The Bertz CT molecular complexity index is 986. The fraction of sp³-hybridized carbons (Fsp3) is 0.136. The second kappa shape index (κ2) is 8.35. The van der Waals surface area contributed by atoms with Gasteiger partial charge < -0.3 is 14.8 Å². The number of fused-ring (bicyclic) bond motifs is 1. The second-order valence-electron chi connectivity index (χ2n) is 6.27. The molecule has 0 radical (unpaired) electrons. The van der Waals surface area contributed by atoms with Crippen molar-refractivity contribution in [2.75, 3.05) is 13.3 Å². The summed E-state index contributed by atoms with van der Waals surface area (Å²) in [6.07, 6.45) is 7.51. The zero-order chi connectivity index (χ0) is 19.2. The Hall–Kier alpha value is -3.67. The molecule has 28 heavy (non-hydrogen) atoms. The van der Waals surface area contributed by atoms with E-state index in [0.29, 0.717) is 24.5 Å². The van der Waals surface area contributed by atoms with E-state index in [2.05, 4.69) is 15.3 Å². The number of benzene rings is 2. The number of carbonyl (C=O) groups is 1. The van der Waals surface area contributed by atoms with E-state index in [1.165, 1.54) is 6.08 Å². The third kappa shape index (κ3) is 4.35. The molecule has 1 amide bonds. The summed E-state index contributed by atoms with van der Waals surface area (Å²) >= 11 is 0. The van der Waals surface area contributed by atoms with Crippen molar-refractivity contribution in [2.45, 2.75) is 6.42 Å². The van der Waals surface area contributed by atoms with Crippen LogP contribution in [-0.2, 0) is 11.2 Å². The Labute approximate surface area is 162 Å². The van der Waals surface area contributed by atoms with Crippen LogP contribution in [0, 0.1) is 0 Å². The van der Waals surface area contributed by atoms with E-state index in [4.69, 9.17) is 9.47 Å². The molecular weight excluding hydrogens is 354 g/mol. The Morgan fingerprint density at radius 1 is 1.04 bits per heavy atom. The maximum atomic E-state index is 12.0. The SMILES string of the molecule is O=C(/C=C/c1ccc2c(c1)OCO2)NCCc1cnc(-c2ccccc2)nc1. The number of hydrogen-bond acceptors (Lipinski definition) is 5. The average Bonchev–Trinajstić information content (AvgIpc) is 3.21. The van der Waals surface area contributed by atoms with Crippen LogP contribution in [0.3, 0.4) is 0 Å². The van der Waals surface area contributed by atoms with Gasteiger partial charge >= 0.3 is 0 Å². The summed E-state index contributed by atoms with van der Waals surface area (Å²) in [7, 11) is 0. The van der Waals surface area contributed by atoms with E-state index in [-0.39, 0.29) is 12.7 Å². The maximum absolute atomic E-state index is 12.0. The summed E-state index contributed by atoms with van der Waals surface area (Å²) in [5.74, 6) is 1.96. The highest BCUT2D eigenvalue weighted by molar-refractivity contribution is 5.91. The zero-order valence-corrected chi connectivity index (χ0v) is 15.2. The van der Waals surface area contributed by atoms with Crippen LogP contribution < -0.4 is 14.8 Å². The highest BCUT2D eigenvalue weighted by Gasteiger charge is 2.12. The largest absolute Gasteiger partial charge is 0.454 e. The van der Waals surface area contributed by atoms with E-state index in [0.717, 1.165) is 22.4 Å². The summed E-state index contributed by atoms with van der Waals surface area (Å²) in [5, 5.41) is 2.86. The molecule has 0 fully saturated rings. The van der Waals surface area contributed by atoms with E-state index < -0.39 is 0 Å². The van der Waals surface area contributed by atoms with E-state index >= 15 is 0 Å². The maximum Gasteiger partial charge on any atom is 0.244 e. The van der Waals surface area contributed by atoms with Crippen molar-refractivity contribution in [3.63, 3.8) is 0 Å². The Kier molecular flexibility index (Phi) is 5.29. The van der Waals surface area contributed by atoms with Gasteiger partial charge in [-0.2, -0.15) is 0 Å². The van der Waals surface area contributed by atoms with Crippen molar-refractivity contribution in [3.05, 3.63) is 78.1 Å². The fourth-order valence-corrected chi connectivity index (χ4v) is 2.80. The molecule has 4 rings (SSSR count). The molecular formula is C22H19N3O3. The second-order valence-corrected chi connectivity index (χ2v) is 6.27. The number of rotatable bonds is 6. The fourth-order valence-electron chi connectivity index (χ4n) is 2.80. The molecule has 1 aliphatic heterocycles. The summed E-state index contributed by atoms with van der Waals surface area (Å²) in [5.41, 5.74) is 2.83. The number of amides is 1. The predicted octanol–water partition coefficient (Wildman–Crippen LogP) is 3.24. The number of hydrogen-bond donors (Lipinski definition) is 1. The smallest absolute Gasteiger partial charge is 0.244 e. The van der Waals surface area contributed by atoms with Crippen LogP contribution in [0.5, 0.6) is 11.5 Å². The molecule has 0 saturated carbocycles. The Morgan fingerprint density at radius 3 is 2.64 bits per heavy atom. The van der Waals surface area contributed by atoms with E-state index in [9.17, 15) is 4.79 Å². The third-order valence-electron chi connectivity index (χ3n) is 4.27. The van der Waals surface area contributed by atoms with Gasteiger partial charge in [-0.15, -0.1) is 0 Å². The molecule has 2 aromatic carbocycles. The number of carbonyl (C=O) groups excluding carboxylic acids is 1. The first-order valence-corrected chi connectivity index (χ1v) is 9.00. The minimum atomic E-state index is -0.153. The standard InChI is InChI=1S/C22H19N3O3/c26-21(9-7-16-6-8-19-20(12-16)28-15-27-19)23-11-10-17-13-24-22(25-14-17)18-4-2-1-3-5-18/h1-9,12-14H,10-11,15H2,(H,23,26)/b9-7+. The topological polar surface area (TPSA) is 73.3 Å². The summed E-state index contributed by atoms with van der Waals surface area (Å²) < 4.78 is 10.6. The van der Waals surface area contributed by atoms with Crippen LogP contribution >= 0.6 is 0 Å².